The molecule has 0 spiro atoms. The first-order valence-corrected chi connectivity index (χ1v) is 11.7. The molecule has 1 aromatic rings. The maximum absolute atomic E-state index is 15.1. The molecule has 2 amide bonds. The van der Waals surface area contributed by atoms with E-state index in [0.29, 0.717) is 11.0 Å². The minimum Gasteiger partial charge on any atom is -0.351 e. The number of carbonyl (C=O) groups is 2. The van der Waals surface area contributed by atoms with Crippen LogP contribution in [0.4, 0.5) is 32.0 Å². The Kier molecular flexibility index (Phi) is 8.36. The lowest BCUT2D eigenvalue weighted by molar-refractivity contribution is -0.124. The molecule has 4 nitrogen and oxygen atoms in total. The van der Waals surface area contributed by atoms with Crippen molar-refractivity contribution in [3.63, 3.8) is 0 Å². The zero-order chi connectivity index (χ0) is 26.7. The smallest absolute Gasteiger partial charge is 0.351 e. The summed E-state index contributed by atoms with van der Waals surface area (Å²) in [4.78, 5) is 26.2. The molecule has 0 aromatic heterocycles. The summed E-state index contributed by atoms with van der Waals surface area (Å²) in [5.74, 6) is -4.39. The quantitative estimate of drug-likeness (QED) is 0.237. The van der Waals surface area contributed by atoms with Crippen molar-refractivity contribution in [3.8, 4) is 0 Å². The first-order valence-electron chi connectivity index (χ1n) is 11.7. The van der Waals surface area contributed by atoms with Gasteiger partial charge in [-0.15, -0.1) is 0 Å². The predicted molar refractivity (Wildman–Crippen MR) is 124 cm³/mol. The molecule has 1 atom stereocenters. The lowest BCUT2D eigenvalue weighted by Gasteiger charge is -2.33. The SMILES string of the molecule is C=C/C(=C\C(=C/C)C(F)(F)F)C(C(=O)NC1CCC(F)(F)CC1)N(C=O)c1ccc(C2CC2)cc1F. The first kappa shape index (κ1) is 27.5. The highest BCUT2D eigenvalue weighted by molar-refractivity contribution is 5.96. The molecule has 10 heteroatoms. The Labute approximate surface area is 205 Å². The van der Waals surface area contributed by atoms with E-state index in [1.165, 1.54) is 12.1 Å². The van der Waals surface area contributed by atoms with Crippen LogP contribution in [-0.2, 0) is 9.59 Å². The van der Waals surface area contributed by atoms with Crippen molar-refractivity contribution in [2.24, 2.45) is 0 Å². The number of allylic oxidation sites excluding steroid dienone is 3. The van der Waals surface area contributed by atoms with Crippen molar-refractivity contribution in [2.75, 3.05) is 4.90 Å². The van der Waals surface area contributed by atoms with Crippen LogP contribution >= 0.6 is 0 Å². The Morgan fingerprint density at radius 3 is 2.31 bits per heavy atom. The number of nitrogens with one attached hydrogen (secondary N) is 1. The second kappa shape index (κ2) is 10.9. The second-order valence-electron chi connectivity index (χ2n) is 9.13. The number of carbonyl (C=O) groups excluding carboxylic acids is 2. The van der Waals surface area contributed by atoms with Crippen LogP contribution in [-0.4, -0.2) is 36.5 Å². The molecule has 0 heterocycles. The fraction of sp³-hybridized carbons (Fsp3) is 0.462. The first-order chi connectivity index (χ1) is 16.9. The number of hydrogen-bond acceptors (Lipinski definition) is 2. The fourth-order valence-corrected chi connectivity index (χ4v) is 4.32. The predicted octanol–water partition coefficient (Wildman–Crippen LogP) is 6.35. The number of anilines is 1. The lowest BCUT2D eigenvalue weighted by Crippen LogP contribution is -2.51. The molecule has 1 N–H and O–H groups in total. The Bertz CT molecular complexity index is 1050. The molecule has 0 bridgehead atoms. The number of nitrogens with zero attached hydrogens (tertiary/aromatic N) is 1. The third kappa shape index (κ3) is 6.59. The molecule has 196 valence electrons. The third-order valence-electron chi connectivity index (χ3n) is 6.51. The van der Waals surface area contributed by atoms with Crippen LogP contribution in [0.2, 0.25) is 0 Å². The van der Waals surface area contributed by atoms with Gasteiger partial charge in [0.05, 0.1) is 11.3 Å². The van der Waals surface area contributed by atoms with Gasteiger partial charge in [-0.05, 0) is 67.9 Å². The average Bonchev–Trinajstić information content (AvgIpc) is 3.65. The highest BCUT2D eigenvalue weighted by Gasteiger charge is 2.39. The minimum absolute atomic E-state index is 0.0488. The molecule has 2 aliphatic carbocycles. The molecule has 1 unspecified atom stereocenters. The van der Waals surface area contributed by atoms with Gasteiger partial charge in [0.25, 0.3) is 0 Å². The number of benzene rings is 1. The zero-order valence-electron chi connectivity index (χ0n) is 19.8. The molecule has 1 aromatic carbocycles. The van der Waals surface area contributed by atoms with E-state index >= 15 is 4.39 Å². The molecular formula is C26H28F6N2O2. The van der Waals surface area contributed by atoms with Gasteiger partial charge < -0.3 is 5.32 Å². The zero-order valence-corrected chi connectivity index (χ0v) is 19.8. The summed E-state index contributed by atoms with van der Waals surface area (Å²) in [7, 11) is 0. The van der Waals surface area contributed by atoms with E-state index in [9.17, 15) is 31.5 Å². The average molecular weight is 515 g/mol. The van der Waals surface area contributed by atoms with Gasteiger partial charge in [0.2, 0.25) is 18.2 Å². The van der Waals surface area contributed by atoms with Gasteiger partial charge >= 0.3 is 6.18 Å². The van der Waals surface area contributed by atoms with Crippen LogP contribution in [0.3, 0.4) is 0 Å². The highest BCUT2D eigenvalue weighted by atomic mass is 19.4. The molecule has 0 aliphatic heterocycles. The summed E-state index contributed by atoms with van der Waals surface area (Å²) in [5.41, 5.74) is -0.981. The Morgan fingerprint density at radius 1 is 1.19 bits per heavy atom. The van der Waals surface area contributed by atoms with E-state index in [4.69, 9.17) is 0 Å². The van der Waals surface area contributed by atoms with E-state index < -0.39 is 54.3 Å². The van der Waals surface area contributed by atoms with E-state index in [1.807, 2.05) is 0 Å². The summed E-state index contributed by atoms with van der Waals surface area (Å²) < 4.78 is 82.6. The number of halogens is 6. The van der Waals surface area contributed by atoms with Crippen LogP contribution in [0.5, 0.6) is 0 Å². The standard InChI is InChI=1S/C26H28F6N2O2/c1-3-16(13-19(4-2)26(30,31)32)23(24(36)33-20-9-11-25(28,29)12-10-20)34(15-35)22-8-7-18(14-21(22)27)17-5-6-17/h3-4,7-8,13-15,17,20,23H,1,5-6,9-12H2,2H3,(H,33,36)/b16-13+,19-4+. The Balaban J connectivity index is 2.01. The maximum Gasteiger partial charge on any atom is 0.416 e. The van der Waals surface area contributed by atoms with Gasteiger partial charge in [-0.25, -0.2) is 13.2 Å². The molecule has 2 fully saturated rings. The van der Waals surface area contributed by atoms with E-state index in [0.717, 1.165) is 37.5 Å². The highest BCUT2D eigenvalue weighted by Crippen LogP contribution is 2.41. The van der Waals surface area contributed by atoms with Crippen LogP contribution in [0.15, 0.2) is 54.2 Å². The Hall–Kier alpha value is -3.04. The molecule has 2 aliphatic rings. The molecular weight excluding hydrogens is 486 g/mol. The monoisotopic (exact) mass is 514 g/mol. The van der Waals surface area contributed by atoms with E-state index in [1.54, 1.807) is 6.07 Å². The number of amides is 2. The maximum atomic E-state index is 15.1. The largest absolute Gasteiger partial charge is 0.416 e. The summed E-state index contributed by atoms with van der Waals surface area (Å²) in [5, 5.41) is 2.56. The van der Waals surface area contributed by atoms with Crippen molar-refractivity contribution in [3.05, 3.63) is 65.5 Å². The molecule has 0 saturated heterocycles. The van der Waals surface area contributed by atoms with Crippen LogP contribution < -0.4 is 10.2 Å². The van der Waals surface area contributed by atoms with Gasteiger partial charge in [-0.1, -0.05) is 24.8 Å². The molecule has 0 radical (unpaired) electrons. The van der Waals surface area contributed by atoms with E-state index in [-0.39, 0.29) is 36.4 Å². The number of alkyl halides is 5. The summed E-state index contributed by atoms with van der Waals surface area (Å²) >= 11 is 0. The second-order valence-corrected chi connectivity index (χ2v) is 9.13. The summed E-state index contributed by atoms with van der Waals surface area (Å²) in [6, 6.07) is 1.76. The fourth-order valence-electron chi connectivity index (χ4n) is 4.32. The van der Waals surface area contributed by atoms with Crippen molar-refractivity contribution in [1.29, 1.82) is 0 Å². The van der Waals surface area contributed by atoms with Gasteiger partial charge in [0, 0.05) is 18.9 Å². The number of rotatable bonds is 9. The minimum atomic E-state index is -4.76. The summed E-state index contributed by atoms with van der Waals surface area (Å²) in [6.07, 6.45) is -1.38. The van der Waals surface area contributed by atoms with Crippen molar-refractivity contribution in [2.45, 2.75) is 75.5 Å². The van der Waals surface area contributed by atoms with Gasteiger partial charge in [0.1, 0.15) is 11.9 Å². The van der Waals surface area contributed by atoms with Gasteiger partial charge in [-0.3, -0.25) is 14.5 Å². The van der Waals surface area contributed by atoms with Crippen molar-refractivity contribution in [1.82, 2.24) is 5.32 Å². The van der Waals surface area contributed by atoms with Crippen molar-refractivity contribution >= 4 is 18.0 Å². The van der Waals surface area contributed by atoms with Crippen molar-refractivity contribution < 1.29 is 35.9 Å². The normalized spacial score (nSPS) is 20.0. The Morgan fingerprint density at radius 2 is 1.83 bits per heavy atom. The van der Waals surface area contributed by atoms with Crippen LogP contribution in [0.1, 0.15) is 56.9 Å². The molecule has 2 saturated carbocycles. The van der Waals surface area contributed by atoms with Gasteiger partial charge in [-0.2, -0.15) is 13.2 Å². The van der Waals surface area contributed by atoms with Crippen LogP contribution in [0.25, 0.3) is 0 Å². The third-order valence-corrected chi connectivity index (χ3v) is 6.51. The summed E-state index contributed by atoms with van der Waals surface area (Å²) in [6.45, 7) is 4.66. The van der Waals surface area contributed by atoms with Crippen LogP contribution in [0, 0.1) is 5.82 Å². The lowest BCUT2D eigenvalue weighted by atomic mass is 9.91. The molecule has 3 rings (SSSR count). The van der Waals surface area contributed by atoms with Gasteiger partial charge in [0.15, 0.2) is 0 Å². The topological polar surface area (TPSA) is 49.4 Å². The number of hydrogen-bond donors (Lipinski definition) is 1. The molecule has 36 heavy (non-hydrogen) atoms. The van der Waals surface area contributed by atoms with E-state index in [2.05, 4.69) is 11.9 Å².